The van der Waals surface area contributed by atoms with E-state index in [1.165, 1.54) is 30.3 Å². The van der Waals surface area contributed by atoms with Gasteiger partial charge in [0.25, 0.3) is 0 Å². The van der Waals surface area contributed by atoms with Crippen molar-refractivity contribution < 1.29 is 24.9 Å². The molecule has 0 bridgehead atoms. The largest absolute Gasteiger partial charge is 0.507 e. The number of aromatic hydroxyl groups is 1. The fourth-order valence-electron chi connectivity index (χ4n) is 2.42. The van der Waals surface area contributed by atoms with E-state index in [1.54, 1.807) is 24.5 Å². The maximum absolute atomic E-state index is 11.1. The lowest BCUT2D eigenvalue weighted by Crippen LogP contribution is -2.00. The molecule has 7 heteroatoms. The van der Waals surface area contributed by atoms with Crippen molar-refractivity contribution in [3.05, 3.63) is 77.6 Å². The lowest BCUT2D eigenvalue weighted by molar-refractivity contribution is 0.0684. The molecule has 2 aromatic carbocycles. The van der Waals surface area contributed by atoms with Crippen LogP contribution in [0.1, 0.15) is 26.4 Å². The number of carbonyl (C=O) groups is 2. The van der Waals surface area contributed by atoms with Gasteiger partial charge in [-0.25, -0.2) is 9.59 Å². The number of phenols is 1. The Bertz CT molecular complexity index is 1000. The van der Waals surface area contributed by atoms with Crippen LogP contribution in [-0.2, 0) is 0 Å². The summed E-state index contributed by atoms with van der Waals surface area (Å²) >= 11 is 0. The van der Waals surface area contributed by atoms with Crippen LogP contribution in [0.2, 0.25) is 0 Å². The molecule has 0 aliphatic rings. The molecule has 0 radical (unpaired) electrons. The van der Waals surface area contributed by atoms with Crippen molar-refractivity contribution in [1.82, 2.24) is 4.57 Å². The van der Waals surface area contributed by atoms with Gasteiger partial charge in [0.2, 0.25) is 0 Å². The van der Waals surface area contributed by atoms with Gasteiger partial charge in [-0.2, -0.15) is 0 Å². The maximum atomic E-state index is 11.1. The van der Waals surface area contributed by atoms with E-state index in [1.807, 2.05) is 16.7 Å². The Morgan fingerprint density at radius 2 is 1.69 bits per heavy atom. The van der Waals surface area contributed by atoms with E-state index in [0.717, 1.165) is 11.4 Å². The lowest BCUT2D eigenvalue weighted by Gasteiger charge is -2.07. The van der Waals surface area contributed by atoms with Crippen LogP contribution in [0.25, 0.3) is 5.69 Å². The van der Waals surface area contributed by atoms with Crippen LogP contribution >= 0.6 is 0 Å². The molecule has 0 unspecified atom stereocenters. The summed E-state index contributed by atoms with van der Waals surface area (Å²) in [6, 6.07) is 14.1. The molecule has 0 aliphatic carbocycles. The van der Waals surface area contributed by atoms with Crippen LogP contribution < -0.4 is 0 Å². The average molecular weight is 350 g/mol. The minimum absolute atomic E-state index is 0.196. The number of aromatic carboxylic acids is 2. The molecule has 0 fully saturated rings. The average Bonchev–Trinajstić information content (AvgIpc) is 3.09. The van der Waals surface area contributed by atoms with Crippen molar-refractivity contribution in [1.29, 1.82) is 0 Å². The molecular weight excluding hydrogens is 336 g/mol. The van der Waals surface area contributed by atoms with E-state index in [-0.39, 0.29) is 16.9 Å². The fraction of sp³-hybridized carbons (Fsp3) is 0. The number of hydrogen-bond donors (Lipinski definition) is 3. The topological polar surface area (TPSA) is 112 Å². The Morgan fingerprint density at radius 3 is 2.35 bits per heavy atom. The van der Waals surface area contributed by atoms with Crippen molar-refractivity contribution >= 4 is 23.8 Å². The van der Waals surface area contributed by atoms with Gasteiger partial charge in [0.1, 0.15) is 11.3 Å². The third kappa shape index (κ3) is 3.46. The van der Waals surface area contributed by atoms with Crippen LogP contribution in [-0.4, -0.2) is 38.0 Å². The molecule has 0 amide bonds. The number of aliphatic imine (C=N–C) groups is 1. The molecule has 7 nitrogen and oxygen atoms in total. The highest BCUT2D eigenvalue weighted by Gasteiger charge is 2.10. The van der Waals surface area contributed by atoms with E-state index < -0.39 is 11.9 Å². The van der Waals surface area contributed by atoms with Gasteiger partial charge < -0.3 is 19.9 Å². The van der Waals surface area contributed by atoms with Crippen LogP contribution in [0.4, 0.5) is 5.69 Å². The molecule has 0 spiro atoms. The molecule has 0 aliphatic heterocycles. The second kappa shape index (κ2) is 6.94. The fourth-order valence-corrected chi connectivity index (χ4v) is 2.42. The molecule has 3 rings (SSSR count). The first kappa shape index (κ1) is 17.0. The molecular formula is C19H14N2O5. The number of rotatable bonds is 5. The summed E-state index contributed by atoms with van der Waals surface area (Å²) in [6.45, 7) is 0. The number of nitrogens with zero attached hydrogens (tertiary/aromatic N) is 2. The quantitative estimate of drug-likeness (QED) is 0.611. The molecule has 3 N–H and O–H groups in total. The molecule has 3 aromatic rings. The van der Waals surface area contributed by atoms with Gasteiger partial charge in [0.15, 0.2) is 0 Å². The zero-order valence-electron chi connectivity index (χ0n) is 13.4. The van der Waals surface area contributed by atoms with E-state index >= 15 is 0 Å². The molecule has 1 aromatic heterocycles. The van der Waals surface area contributed by atoms with Gasteiger partial charge in [0.05, 0.1) is 23.2 Å². The number of carboxylic acids is 2. The first-order chi connectivity index (χ1) is 12.5. The Hall–Kier alpha value is -3.87. The standard InChI is InChI=1S/C19H14N2O5/c22-17-8-5-13(10-16(17)19(25)26)20-11-15-2-1-9-21(15)14-6-3-12(4-7-14)18(23)24/h1-11,22H,(H,23,24)(H,25,26). The molecule has 130 valence electrons. The molecule has 0 saturated carbocycles. The van der Waals surface area contributed by atoms with Crippen LogP contribution in [0.5, 0.6) is 5.75 Å². The van der Waals surface area contributed by atoms with Crippen molar-refractivity contribution in [3.63, 3.8) is 0 Å². The van der Waals surface area contributed by atoms with E-state index in [2.05, 4.69) is 4.99 Å². The highest BCUT2D eigenvalue weighted by molar-refractivity contribution is 5.92. The van der Waals surface area contributed by atoms with Crippen molar-refractivity contribution in [2.45, 2.75) is 0 Å². The normalized spacial score (nSPS) is 10.9. The summed E-state index contributed by atoms with van der Waals surface area (Å²) in [5, 5.41) is 27.5. The summed E-state index contributed by atoms with van der Waals surface area (Å²) in [6.07, 6.45) is 3.36. The van der Waals surface area contributed by atoms with Crippen LogP contribution in [0, 0.1) is 0 Å². The predicted octanol–water partition coefficient (Wildman–Crippen LogP) is 3.33. The third-order valence-electron chi connectivity index (χ3n) is 3.73. The highest BCUT2D eigenvalue weighted by Crippen LogP contribution is 2.23. The van der Waals surface area contributed by atoms with Gasteiger partial charge in [-0.05, 0) is 54.6 Å². The van der Waals surface area contributed by atoms with Gasteiger partial charge in [-0.1, -0.05) is 0 Å². The van der Waals surface area contributed by atoms with E-state index in [9.17, 15) is 14.7 Å². The summed E-state index contributed by atoms with van der Waals surface area (Å²) in [5.41, 5.74) is 1.84. The summed E-state index contributed by atoms with van der Waals surface area (Å²) < 4.78 is 1.81. The molecule has 0 atom stereocenters. The minimum Gasteiger partial charge on any atom is -0.507 e. The SMILES string of the molecule is O=C(O)c1ccc(-n2cccc2C=Nc2ccc(O)c(C(=O)O)c2)cc1. The predicted molar refractivity (Wildman–Crippen MR) is 95.0 cm³/mol. The smallest absolute Gasteiger partial charge is 0.339 e. The number of carboxylic acid groups (broad SMARTS) is 2. The lowest BCUT2D eigenvalue weighted by atomic mass is 10.2. The van der Waals surface area contributed by atoms with Crippen LogP contribution in [0.15, 0.2) is 65.8 Å². The second-order valence-corrected chi connectivity index (χ2v) is 5.42. The molecule has 26 heavy (non-hydrogen) atoms. The Morgan fingerprint density at radius 1 is 0.962 bits per heavy atom. The number of benzene rings is 2. The maximum Gasteiger partial charge on any atom is 0.339 e. The Labute approximate surface area is 148 Å². The summed E-state index contributed by atoms with van der Waals surface area (Å²) in [4.78, 5) is 26.3. The monoisotopic (exact) mass is 350 g/mol. The Balaban J connectivity index is 1.89. The number of hydrogen-bond acceptors (Lipinski definition) is 4. The van der Waals surface area contributed by atoms with Crippen molar-refractivity contribution in [2.75, 3.05) is 0 Å². The first-order valence-electron chi connectivity index (χ1n) is 7.57. The van der Waals surface area contributed by atoms with Crippen LogP contribution in [0.3, 0.4) is 0 Å². The zero-order chi connectivity index (χ0) is 18.7. The first-order valence-corrected chi connectivity index (χ1v) is 7.57. The summed E-state index contributed by atoms with van der Waals surface area (Å²) in [5.74, 6) is -2.55. The summed E-state index contributed by atoms with van der Waals surface area (Å²) in [7, 11) is 0. The van der Waals surface area contributed by atoms with Crippen molar-refractivity contribution in [2.24, 2.45) is 4.99 Å². The third-order valence-corrected chi connectivity index (χ3v) is 3.73. The second-order valence-electron chi connectivity index (χ2n) is 5.42. The van der Waals surface area contributed by atoms with Gasteiger partial charge in [-0.3, -0.25) is 4.99 Å². The van der Waals surface area contributed by atoms with Gasteiger partial charge in [0, 0.05) is 11.9 Å². The van der Waals surface area contributed by atoms with Crippen molar-refractivity contribution in [3.8, 4) is 11.4 Å². The zero-order valence-corrected chi connectivity index (χ0v) is 13.4. The van der Waals surface area contributed by atoms with Gasteiger partial charge in [-0.15, -0.1) is 0 Å². The molecule has 1 heterocycles. The van der Waals surface area contributed by atoms with E-state index in [0.29, 0.717) is 5.69 Å². The van der Waals surface area contributed by atoms with Gasteiger partial charge >= 0.3 is 11.9 Å². The van der Waals surface area contributed by atoms with E-state index in [4.69, 9.17) is 10.2 Å². The molecule has 0 saturated heterocycles. The highest BCUT2D eigenvalue weighted by atomic mass is 16.4. The minimum atomic E-state index is -1.23. The Kier molecular flexibility index (Phi) is 4.53. The number of aromatic nitrogens is 1.